The van der Waals surface area contributed by atoms with Crippen LogP contribution in [-0.2, 0) is 11.8 Å². The number of hydrogen-bond donors (Lipinski definition) is 1. The van der Waals surface area contributed by atoms with Gasteiger partial charge in [-0.25, -0.2) is 0 Å². The minimum absolute atomic E-state index is 0.0731. The minimum atomic E-state index is -0.532. The quantitative estimate of drug-likeness (QED) is 0.858. The van der Waals surface area contributed by atoms with Crippen LogP contribution in [0.1, 0.15) is 30.4 Å². The Bertz CT molecular complexity index is 771. The summed E-state index contributed by atoms with van der Waals surface area (Å²) >= 11 is 0. The van der Waals surface area contributed by atoms with Crippen LogP contribution >= 0.6 is 0 Å². The zero-order valence-corrected chi connectivity index (χ0v) is 14.6. The van der Waals surface area contributed by atoms with Crippen molar-refractivity contribution in [1.29, 1.82) is 0 Å². The molecule has 25 heavy (non-hydrogen) atoms. The summed E-state index contributed by atoms with van der Waals surface area (Å²) in [7, 11) is 1.71. The molecule has 0 radical (unpaired) electrons. The van der Waals surface area contributed by atoms with E-state index in [1.807, 2.05) is 12.1 Å². The van der Waals surface area contributed by atoms with Crippen molar-refractivity contribution >= 4 is 0 Å². The van der Waals surface area contributed by atoms with Crippen molar-refractivity contribution in [3.05, 3.63) is 35.4 Å². The van der Waals surface area contributed by atoms with Crippen LogP contribution in [0.25, 0.3) is 0 Å². The fourth-order valence-corrected chi connectivity index (χ4v) is 6.14. The van der Waals surface area contributed by atoms with Gasteiger partial charge in [-0.2, -0.15) is 0 Å². The Morgan fingerprint density at radius 1 is 1.32 bits per heavy atom. The maximum absolute atomic E-state index is 10.7. The molecule has 1 aromatic carbocycles. The van der Waals surface area contributed by atoms with E-state index in [0.29, 0.717) is 12.0 Å². The Hall–Kier alpha value is -1.52. The number of ether oxygens (including phenoxy) is 2. The molecule has 0 aromatic heterocycles. The van der Waals surface area contributed by atoms with E-state index in [4.69, 9.17) is 9.47 Å². The highest BCUT2D eigenvalue weighted by atomic mass is 16.5. The molecule has 4 heteroatoms. The second kappa shape index (κ2) is 4.80. The van der Waals surface area contributed by atoms with Crippen molar-refractivity contribution < 1.29 is 14.6 Å². The summed E-state index contributed by atoms with van der Waals surface area (Å²) in [4.78, 5) is 2.73. The summed E-state index contributed by atoms with van der Waals surface area (Å²) in [5.74, 6) is 3.06. The van der Waals surface area contributed by atoms with Gasteiger partial charge in [0, 0.05) is 29.5 Å². The van der Waals surface area contributed by atoms with Gasteiger partial charge in [-0.3, -0.25) is 4.90 Å². The fourth-order valence-electron chi connectivity index (χ4n) is 6.14. The van der Waals surface area contributed by atoms with Crippen LogP contribution in [0.5, 0.6) is 11.5 Å². The van der Waals surface area contributed by atoms with E-state index in [9.17, 15) is 5.11 Å². The first-order valence-corrected chi connectivity index (χ1v) is 9.70. The Labute approximate surface area is 148 Å². The first kappa shape index (κ1) is 14.6. The van der Waals surface area contributed by atoms with Crippen LogP contribution in [-0.4, -0.2) is 48.5 Å². The van der Waals surface area contributed by atoms with Gasteiger partial charge >= 0.3 is 0 Å². The molecular formula is C21H25NO3. The Morgan fingerprint density at radius 3 is 3.00 bits per heavy atom. The summed E-state index contributed by atoms with van der Waals surface area (Å²) in [6.45, 7) is 2.37. The van der Waals surface area contributed by atoms with Gasteiger partial charge in [-0.1, -0.05) is 18.2 Å². The van der Waals surface area contributed by atoms with E-state index >= 15 is 0 Å². The minimum Gasteiger partial charge on any atom is -0.493 e. The van der Waals surface area contributed by atoms with Gasteiger partial charge in [0.05, 0.1) is 7.11 Å². The monoisotopic (exact) mass is 339 g/mol. The molecule has 1 N–H and O–H groups in total. The number of rotatable bonds is 3. The van der Waals surface area contributed by atoms with E-state index < -0.39 is 6.10 Å². The standard InChI is InChI=1S/C21H25NO3/c1-24-17-7-4-13-10-15-14-5-6-16(23)20-21(14,18(13)19(17)25-20)8-9-22(15)11-12-2-3-12/h4-7,12,14-16,20,23H,2-3,8-11H2,1H3/t14-,15+,16-,20-,21-/m0/s1. The predicted molar refractivity (Wildman–Crippen MR) is 94.1 cm³/mol. The van der Waals surface area contributed by atoms with Crippen LogP contribution in [0.3, 0.4) is 0 Å². The van der Waals surface area contributed by atoms with E-state index in [0.717, 1.165) is 36.8 Å². The average molecular weight is 339 g/mol. The van der Waals surface area contributed by atoms with Crippen molar-refractivity contribution in [3.8, 4) is 11.5 Å². The number of aliphatic hydroxyl groups excluding tert-OH is 1. The highest BCUT2D eigenvalue weighted by Crippen LogP contribution is 2.62. The van der Waals surface area contributed by atoms with Gasteiger partial charge in [-0.15, -0.1) is 0 Å². The van der Waals surface area contributed by atoms with E-state index in [2.05, 4.69) is 17.0 Å². The fraction of sp³-hybridized carbons (Fsp3) is 0.619. The second-order valence-electron chi connectivity index (χ2n) is 8.57. The van der Waals surface area contributed by atoms with Crippen LogP contribution in [0.2, 0.25) is 0 Å². The van der Waals surface area contributed by atoms with Crippen molar-refractivity contribution in [2.24, 2.45) is 11.8 Å². The van der Waals surface area contributed by atoms with Crippen molar-refractivity contribution in [2.75, 3.05) is 20.2 Å². The molecule has 0 unspecified atom stereocenters. The number of hydrogen-bond acceptors (Lipinski definition) is 4. The Kier molecular flexibility index (Phi) is 2.81. The molecule has 2 fully saturated rings. The van der Waals surface area contributed by atoms with Crippen LogP contribution in [0.4, 0.5) is 0 Å². The SMILES string of the molecule is COc1ccc2c3c1O[C@H]1[C@@H](O)C=C[C@H]4[C@@H](C2)N(CC2CC2)CC[C@@]341. The van der Waals surface area contributed by atoms with E-state index in [1.165, 1.54) is 30.5 Å². The largest absolute Gasteiger partial charge is 0.493 e. The highest BCUT2D eigenvalue weighted by Gasteiger charge is 2.64. The summed E-state index contributed by atoms with van der Waals surface area (Å²) in [6.07, 6.45) is 8.53. The summed E-state index contributed by atoms with van der Waals surface area (Å²) in [6, 6.07) is 4.82. The predicted octanol–water partition coefficient (Wildman–Crippen LogP) is 2.28. The van der Waals surface area contributed by atoms with Gasteiger partial charge in [0.1, 0.15) is 12.2 Å². The maximum Gasteiger partial charge on any atom is 0.165 e. The summed E-state index contributed by atoms with van der Waals surface area (Å²) < 4.78 is 12.0. The molecule has 3 aliphatic carbocycles. The molecule has 1 spiro atoms. The number of piperidine rings is 1. The van der Waals surface area contributed by atoms with Gasteiger partial charge in [0.2, 0.25) is 0 Å². The molecule has 2 aliphatic heterocycles. The molecule has 5 aliphatic rings. The molecule has 0 amide bonds. The molecule has 1 saturated carbocycles. The maximum atomic E-state index is 10.7. The molecule has 5 atom stereocenters. The number of likely N-dealkylation sites (tertiary alicyclic amines) is 1. The molecule has 2 heterocycles. The van der Waals surface area contributed by atoms with Crippen molar-refractivity contribution in [1.82, 2.24) is 4.90 Å². The summed E-state index contributed by atoms with van der Waals surface area (Å²) in [5, 5.41) is 10.7. The lowest BCUT2D eigenvalue weighted by atomic mass is 9.53. The van der Waals surface area contributed by atoms with Crippen LogP contribution in [0, 0.1) is 11.8 Å². The molecule has 132 valence electrons. The lowest BCUT2D eigenvalue weighted by Gasteiger charge is -2.57. The molecule has 1 saturated heterocycles. The number of methoxy groups -OCH3 is 1. The first-order chi connectivity index (χ1) is 12.2. The van der Waals surface area contributed by atoms with Gasteiger partial charge < -0.3 is 14.6 Å². The number of aliphatic hydroxyl groups is 1. The third kappa shape index (κ3) is 1.75. The van der Waals surface area contributed by atoms with Crippen LogP contribution in [0.15, 0.2) is 24.3 Å². The van der Waals surface area contributed by atoms with E-state index in [1.54, 1.807) is 7.11 Å². The Morgan fingerprint density at radius 2 is 2.20 bits per heavy atom. The zero-order chi connectivity index (χ0) is 16.8. The number of benzene rings is 1. The normalized spacial score (nSPS) is 40.6. The molecule has 4 nitrogen and oxygen atoms in total. The van der Waals surface area contributed by atoms with Gasteiger partial charge in [0.15, 0.2) is 11.5 Å². The highest BCUT2D eigenvalue weighted by molar-refractivity contribution is 5.62. The van der Waals surface area contributed by atoms with E-state index in [-0.39, 0.29) is 11.5 Å². The van der Waals surface area contributed by atoms with Crippen molar-refractivity contribution in [3.63, 3.8) is 0 Å². The lowest BCUT2D eigenvalue weighted by molar-refractivity contribution is -0.0525. The van der Waals surface area contributed by atoms with Crippen LogP contribution < -0.4 is 9.47 Å². The average Bonchev–Trinajstić information content (AvgIpc) is 3.36. The molecular weight excluding hydrogens is 314 g/mol. The zero-order valence-electron chi connectivity index (χ0n) is 14.6. The first-order valence-electron chi connectivity index (χ1n) is 9.70. The third-order valence-corrected chi connectivity index (χ3v) is 7.38. The lowest BCUT2D eigenvalue weighted by Crippen LogP contribution is -2.65. The molecule has 6 rings (SSSR count). The number of nitrogens with zero attached hydrogens (tertiary/aromatic N) is 1. The summed E-state index contributed by atoms with van der Waals surface area (Å²) in [5.41, 5.74) is 2.67. The Balaban J connectivity index is 1.54. The smallest absolute Gasteiger partial charge is 0.165 e. The van der Waals surface area contributed by atoms with Gasteiger partial charge in [-0.05, 0) is 49.8 Å². The topological polar surface area (TPSA) is 41.9 Å². The third-order valence-electron chi connectivity index (χ3n) is 7.38. The molecule has 2 bridgehead atoms. The van der Waals surface area contributed by atoms with Gasteiger partial charge in [0.25, 0.3) is 0 Å². The second-order valence-corrected chi connectivity index (χ2v) is 8.57. The van der Waals surface area contributed by atoms with Crippen molar-refractivity contribution in [2.45, 2.75) is 49.3 Å². The molecule has 1 aromatic rings.